The van der Waals surface area contributed by atoms with E-state index in [9.17, 15) is 9.90 Å². The zero-order valence-electron chi connectivity index (χ0n) is 21.5. The van der Waals surface area contributed by atoms with Gasteiger partial charge in [0.1, 0.15) is 0 Å². The van der Waals surface area contributed by atoms with E-state index in [0.717, 1.165) is 77.3 Å². The summed E-state index contributed by atoms with van der Waals surface area (Å²) in [5, 5.41) is 12.8. The first-order chi connectivity index (χ1) is 18.5. The minimum absolute atomic E-state index is 0.0860. The van der Waals surface area contributed by atoms with Crippen LogP contribution in [0.25, 0.3) is 32.5 Å². The molecule has 1 amide bonds. The fourth-order valence-corrected chi connectivity index (χ4v) is 7.54. The lowest BCUT2D eigenvalue weighted by Crippen LogP contribution is -2.44. The Hall–Kier alpha value is -3.21. The van der Waals surface area contributed by atoms with Gasteiger partial charge in [0.05, 0.1) is 29.5 Å². The molecule has 3 aromatic heterocycles. The number of ether oxygens (including phenoxy) is 1. The number of carbonyl (C=O) groups is 1. The van der Waals surface area contributed by atoms with E-state index in [2.05, 4.69) is 51.4 Å². The zero-order valence-corrected chi connectivity index (χ0v) is 22.3. The topological polar surface area (TPSA) is 97.8 Å². The first kappa shape index (κ1) is 23.9. The van der Waals surface area contributed by atoms with Crippen molar-refractivity contribution in [2.75, 3.05) is 50.8 Å². The fraction of sp³-hybridized carbons (Fsp3) is 0.464. The minimum Gasteiger partial charge on any atom is -0.465 e. The van der Waals surface area contributed by atoms with Gasteiger partial charge in [0.2, 0.25) is 0 Å². The van der Waals surface area contributed by atoms with Crippen LogP contribution in [0.15, 0.2) is 35.8 Å². The molecule has 9 nitrogen and oxygen atoms in total. The Morgan fingerprint density at radius 1 is 1.21 bits per heavy atom. The molecule has 3 aliphatic rings. The number of benzene rings is 1. The number of hydrogen-bond donors (Lipinski definition) is 2. The van der Waals surface area contributed by atoms with Gasteiger partial charge >= 0.3 is 6.09 Å². The number of morpholine rings is 1. The van der Waals surface area contributed by atoms with Gasteiger partial charge in [-0.2, -0.15) is 0 Å². The average molecular weight is 533 g/mol. The molecule has 3 saturated heterocycles. The Kier molecular flexibility index (Phi) is 5.79. The molecule has 3 fully saturated rings. The maximum atomic E-state index is 11.5. The number of nitrogens with one attached hydrogen (secondary N) is 1. The lowest BCUT2D eigenvalue weighted by Gasteiger charge is -2.34. The summed E-state index contributed by atoms with van der Waals surface area (Å²) in [5.74, 6) is 1.75. The number of carboxylic acid groups (broad SMARTS) is 1. The van der Waals surface area contributed by atoms with Crippen molar-refractivity contribution in [3.05, 3.63) is 41.4 Å². The van der Waals surface area contributed by atoms with E-state index in [1.807, 2.05) is 6.20 Å². The third kappa shape index (κ3) is 4.02. The molecule has 0 bridgehead atoms. The van der Waals surface area contributed by atoms with Crippen LogP contribution in [0.4, 0.5) is 10.6 Å². The number of fused-ring (bicyclic) bond motifs is 2. The molecule has 10 heteroatoms. The zero-order chi connectivity index (χ0) is 25.9. The SMILES string of the molecule is C[C@@H]1COCCN1c1nc(-c2cccc3[nH]ccc23)nc2c(CN3CCC4(CCN(C(=O)O)C4)C3)csc12. The number of likely N-dealkylation sites (tertiary alicyclic amines) is 2. The van der Waals surface area contributed by atoms with Gasteiger partial charge in [0.25, 0.3) is 0 Å². The van der Waals surface area contributed by atoms with Gasteiger partial charge in [0.15, 0.2) is 11.6 Å². The van der Waals surface area contributed by atoms with Gasteiger partial charge in [-0.15, -0.1) is 11.3 Å². The number of hydrogen-bond acceptors (Lipinski definition) is 7. The molecule has 0 aliphatic carbocycles. The van der Waals surface area contributed by atoms with Crippen LogP contribution in [-0.2, 0) is 11.3 Å². The van der Waals surface area contributed by atoms with Gasteiger partial charge in [-0.3, -0.25) is 4.90 Å². The van der Waals surface area contributed by atoms with Gasteiger partial charge < -0.3 is 24.6 Å². The van der Waals surface area contributed by atoms with Crippen molar-refractivity contribution < 1.29 is 14.6 Å². The van der Waals surface area contributed by atoms with Crippen molar-refractivity contribution >= 4 is 44.4 Å². The van der Waals surface area contributed by atoms with Gasteiger partial charge in [-0.05, 0) is 43.8 Å². The Morgan fingerprint density at radius 2 is 2.11 bits per heavy atom. The molecular formula is C28H32N6O3S. The average Bonchev–Trinajstić information content (AvgIpc) is 3.72. The van der Waals surface area contributed by atoms with E-state index < -0.39 is 6.09 Å². The Labute approximate surface area is 225 Å². The van der Waals surface area contributed by atoms with Gasteiger partial charge in [-0.1, -0.05) is 12.1 Å². The minimum atomic E-state index is -0.796. The largest absolute Gasteiger partial charge is 0.465 e. The number of amides is 1. The third-order valence-corrected chi connectivity index (χ3v) is 9.58. The summed E-state index contributed by atoms with van der Waals surface area (Å²) in [4.78, 5) is 31.6. The molecule has 1 unspecified atom stereocenters. The standard InChI is InChI=1S/C28H32N6O3S/c1-18-14-37-12-11-34(18)26-24-23(30-25(31-26)21-3-2-4-22-20(21)5-8-29-22)19(15-38-24)13-32-9-6-28(16-32)7-10-33(17-28)27(35)36/h2-5,8,15,18,29H,6-7,9-14,16-17H2,1H3,(H,35,36)/t18-,28?/m1/s1. The predicted molar refractivity (Wildman–Crippen MR) is 149 cm³/mol. The van der Waals surface area contributed by atoms with E-state index >= 15 is 0 Å². The molecule has 0 radical (unpaired) electrons. The molecule has 198 valence electrons. The van der Waals surface area contributed by atoms with Crippen molar-refractivity contribution in [3.8, 4) is 11.4 Å². The first-order valence-electron chi connectivity index (χ1n) is 13.4. The highest BCUT2D eigenvalue weighted by Gasteiger charge is 2.44. The maximum Gasteiger partial charge on any atom is 0.407 e. The highest BCUT2D eigenvalue weighted by molar-refractivity contribution is 7.18. The molecule has 0 saturated carbocycles. The lowest BCUT2D eigenvalue weighted by molar-refractivity contribution is 0.0987. The van der Waals surface area contributed by atoms with Crippen molar-refractivity contribution in [2.45, 2.75) is 32.4 Å². The van der Waals surface area contributed by atoms with Crippen LogP contribution in [-0.4, -0.2) is 87.9 Å². The molecule has 2 N–H and O–H groups in total. The van der Waals surface area contributed by atoms with Crippen LogP contribution in [0.1, 0.15) is 25.3 Å². The Morgan fingerprint density at radius 3 is 2.95 bits per heavy atom. The second kappa shape index (κ2) is 9.21. The lowest BCUT2D eigenvalue weighted by atomic mass is 9.86. The summed E-state index contributed by atoms with van der Waals surface area (Å²) in [7, 11) is 0. The van der Waals surface area contributed by atoms with Crippen LogP contribution in [0.3, 0.4) is 0 Å². The molecule has 38 heavy (non-hydrogen) atoms. The second-order valence-corrected chi connectivity index (χ2v) is 12.0. The number of anilines is 1. The summed E-state index contributed by atoms with van der Waals surface area (Å²) in [5.41, 5.74) is 4.45. The summed E-state index contributed by atoms with van der Waals surface area (Å²) >= 11 is 1.73. The summed E-state index contributed by atoms with van der Waals surface area (Å²) in [6.45, 7) is 8.42. The third-order valence-electron chi connectivity index (χ3n) is 8.57. The molecule has 2 atom stereocenters. The molecule has 1 aromatic carbocycles. The molecule has 7 rings (SSSR count). The highest BCUT2D eigenvalue weighted by Crippen LogP contribution is 2.42. The van der Waals surface area contributed by atoms with Gasteiger partial charge in [-0.25, -0.2) is 14.8 Å². The highest BCUT2D eigenvalue weighted by atomic mass is 32.1. The molecular weight excluding hydrogens is 500 g/mol. The number of nitrogens with zero attached hydrogens (tertiary/aromatic N) is 5. The quantitative estimate of drug-likeness (QED) is 0.395. The van der Waals surface area contributed by atoms with E-state index in [1.165, 1.54) is 5.56 Å². The van der Waals surface area contributed by atoms with Crippen LogP contribution >= 0.6 is 11.3 Å². The summed E-state index contributed by atoms with van der Waals surface area (Å²) < 4.78 is 6.87. The molecule has 3 aliphatic heterocycles. The van der Waals surface area contributed by atoms with E-state index in [1.54, 1.807) is 16.2 Å². The number of thiophene rings is 1. The van der Waals surface area contributed by atoms with E-state index in [-0.39, 0.29) is 11.5 Å². The summed E-state index contributed by atoms with van der Waals surface area (Å²) in [6, 6.07) is 8.57. The number of aromatic nitrogens is 3. The van der Waals surface area contributed by atoms with Crippen LogP contribution in [0.5, 0.6) is 0 Å². The van der Waals surface area contributed by atoms with Crippen molar-refractivity contribution in [1.29, 1.82) is 0 Å². The Bertz CT molecular complexity index is 1520. The summed E-state index contributed by atoms with van der Waals surface area (Å²) in [6.07, 6.45) is 3.17. The van der Waals surface area contributed by atoms with Crippen molar-refractivity contribution in [2.24, 2.45) is 5.41 Å². The normalized spacial score (nSPS) is 24.4. The fourth-order valence-electron chi connectivity index (χ4n) is 6.54. The van der Waals surface area contributed by atoms with Crippen molar-refractivity contribution in [1.82, 2.24) is 24.8 Å². The number of rotatable bonds is 4. The monoisotopic (exact) mass is 532 g/mol. The molecule has 6 heterocycles. The predicted octanol–water partition coefficient (Wildman–Crippen LogP) is 4.64. The second-order valence-electron chi connectivity index (χ2n) is 11.1. The smallest absolute Gasteiger partial charge is 0.407 e. The molecule has 1 spiro atoms. The van der Waals surface area contributed by atoms with E-state index in [4.69, 9.17) is 14.7 Å². The maximum absolute atomic E-state index is 11.5. The number of H-pyrrole nitrogens is 1. The van der Waals surface area contributed by atoms with Gasteiger partial charge in [0, 0.05) is 66.4 Å². The first-order valence-corrected chi connectivity index (χ1v) is 14.3. The number of aromatic amines is 1. The Balaban J connectivity index is 1.27. The van der Waals surface area contributed by atoms with Crippen LogP contribution in [0.2, 0.25) is 0 Å². The molecule has 4 aromatic rings. The van der Waals surface area contributed by atoms with Crippen LogP contribution in [0, 0.1) is 5.41 Å². The van der Waals surface area contributed by atoms with Crippen LogP contribution < -0.4 is 4.90 Å². The van der Waals surface area contributed by atoms with E-state index in [0.29, 0.717) is 26.3 Å². The van der Waals surface area contributed by atoms with Crippen molar-refractivity contribution in [3.63, 3.8) is 0 Å².